The van der Waals surface area contributed by atoms with Gasteiger partial charge in [0.15, 0.2) is 0 Å². The van der Waals surface area contributed by atoms with Crippen molar-refractivity contribution in [3.63, 3.8) is 0 Å². The SMILES string of the molecule is CC1(COc2ccc(Cl)c(F)c2)CN(C(=O)Cn2cc(NC=O)cn2)C1. The van der Waals surface area contributed by atoms with Crippen molar-refractivity contribution in [2.24, 2.45) is 5.41 Å². The van der Waals surface area contributed by atoms with Crippen LogP contribution in [0.15, 0.2) is 30.6 Å². The van der Waals surface area contributed by atoms with Gasteiger partial charge in [-0.15, -0.1) is 0 Å². The number of carbonyl (C=O) groups excluding carboxylic acids is 2. The Balaban J connectivity index is 1.47. The highest BCUT2D eigenvalue weighted by molar-refractivity contribution is 6.30. The zero-order valence-electron chi connectivity index (χ0n) is 14.1. The van der Waals surface area contributed by atoms with Gasteiger partial charge in [-0.2, -0.15) is 5.10 Å². The quantitative estimate of drug-likeness (QED) is 0.747. The molecule has 1 aromatic carbocycles. The third-order valence-electron chi connectivity index (χ3n) is 4.13. The highest BCUT2D eigenvalue weighted by Gasteiger charge is 2.42. The van der Waals surface area contributed by atoms with Crippen LogP contribution in [0.1, 0.15) is 6.92 Å². The van der Waals surface area contributed by atoms with E-state index in [4.69, 9.17) is 16.3 Å². The predicted molar refractivity (Wildman–Crippen MR) is 93.5 cm³/mol. The summed E-state index contributed by atoms with van der Waals surface area (Å²) < 4.78 is 20.5. The maximum absolute atomic E-state index is 13.4. The molecule has 0 saturated carbocycles. The van der Waals surface area contributed by atoms with Crippen molar-refractivity contribution in [3.8, 4) is 5.75 Å². The van der Waals surface area contributed by atoms with E-state index in [1.807, 2.05) is 6.92 Å². The molecular weight excluding hydrogens is 363 g/mol. The van der Waals surface area contributed by atoms with Gasteiger partial charge in [-0.1, -0.05) is 18.5 Å². The van der Waals surface area contributed by atoms with Crippen LogP contribution < -0.4 is 10.1 Å². The zero-order valence-corrected chi connectivity index (χ0v) is 14.9. The lowest BCUT2D eigenvalue weighted by atomic mass is 9.83. The lowest BCUT2D eigenvalue weighted by Gasteiger charge is -2.47. The number of hydrogen-bond donors (Lipinski definition) is 1. The fourth-order valence-electron chi connectivity index (χ4n) is 2.80. The summed E-state index contributed by atoms with van der Waals surface area (Å²) >= 11 is 5.65. The van der Waals surface area contributed by atoms with Crippen molar-refractivity contribution >= 4 is 29.6 Å². The number of rotatable bonds is 7. The molecule has 0 spiro atoms. The summed E-state index contributed by atoms with van der Waals surface area (Å²) in [6, 6.07) is 4.30. The van der Waals surface area contributed by atoms with Crippen LogP contribution in [0, 0.1) is 11.2 Å². The topological polar surface area (TPSA) is 76.5 Å². The van der Waals surface area contributed by atoms with Crippen LogP contribution in [0.3, 0.4) is 0 Å². The third kappa shape index (κ3) is 4.13. The van der Waals surface area contributed by atoms with Gasteiger partial charge in [0.1, 0.15) is 18.1 Å². The van der Waals surface area contributed by atoms with E-state index in [1.165, 1.54) is 23.0 Å². The van der Waals surface area contributed by atoms with Gasteiger partial charge in [0.05, 0.1) is 23.5 Å². The van der Waals surface area contributed by atoms with Crippen molar-refractivity contribution in [3.05, 3.63) is 41.4 Å². The molecule has 1 aliphatic rings. The summed E-state index contributed by atoms with van der Waals surface area (Å²) in [5, 5.41) is 6.54. The first-order valence-corrected chi connectivity index (χ1v) is 8.35. The molecule has 2 amide bonds. The number of carbonyl (C=O) groups is 2. The molecule has 26 heavy (non-hydrogen) atoms. The normalized spacial score (nSPS) is 15.3. The van der Waals surface area contributed by atoms with Gasteiger partial charge in [0.2, 0.25) is 12.3 Å². The molecule has 0 radical (unpaired) electrons. The Labute approximate surface area is 154 Å². The van der Waals surface area contributed by atoms with E-state index in [1.54, 1.807) is 17.2 Å². The molecule has 7 nitrogen and oxygen atoms in total. The van der Waals surface area contributed by atoms with E-state index in [9.17, 15) is 14.0 Å². The molecule has 1 aliphatic heterocycles. The van der Waals surface area contributed by atoms with Crippen LogP contribution in [0.25, 0.3) is 0 Å². The molecule has 0 aliphatic carbocycles. The Morgan fingerprint density at radius 3 is 2.96 bits per heavy atom. The number of halogens is 2. The van der Waals surface area contributed by atoms with Gasteiger partial charge in [-0.05, 0) is 12.1 Å². The fraction of sp³-hybridized carbons (Fsp3) is 0.353. The number of nitrogens with one attached hydrogen (secondary N) is 1. The third-order valence-corrected chi connectivity index (χ3v) is 4.44. The van der Waals surface area contributed by atoms with Crippen molar-refractivity contribution in [2.75, 3.05) is 25.0 Å². The smallest absolute Gasteiger partial charge is 0.244 e. The summed E-state index contributed by atoms with van der Waals surface area (Å²) in [4.78, 5) is 24.4. The molecule has 2 aromatic rings. The van der Waals surface area contributed by atoms with Gasteiger partial charge in [-0.3, -0.25) is 14.3 Å². The standard InChI is InChI=1S/C17H18ClFN4O3/c1-17(10-26-13-2-3-14(18)15(19)4-13)8-22(9-17)16(25)7-23-6-12(5-21-23)20-11-24/h2-6,11H,7-10H2,1H3,(H,20,24). The van der Waals surface area contributed by atoms with Crippen LogP contribution in [-0.2, 0) is 16.1 Å². The van der Waals surface area contributed by atoms with E-state index >= 15 is 0 Å². The maximum Gasteiger partial charge on any atom is 0.244 e. The molecular formula is C17H18ClFN4O3. The summed E-state index contributed by atoms with van der Waals surface area (Å²) in [5.74, 6) is -0.187. The molecule has 1 fully saturated rings. The zero-order chi connectivity index (χ0) is 18.7. The van der Waals surface area contributed by atoms with Crippen LogP contribution >= 0.6 is 11.6 Å². The second-order valence-electron chi connectivity index (χ2n) is 6.61. The van der Waals surface area contributed by atoms with Crippen LogP contribution in [0.4, 0.5) is 10.1 Å². The number of nitrogens with zero attached hydrogens (tertiary/aromatic N) is 3. The van der Waals surface area contributed by atoms with Gasteiger partial charge in [0, 0.05) is 30.8 Å². The lowest BCUT2D eigenvalue weighted by molar-refractivity contribution is -0.145. The Bertz CT molecular complexity index is 820. The number of anilines is 1. The second kappa shape index (κ2) is 7.33. The highest BCUT2D eigenvalue weighted by Crippen LogP contribution is 2.31. The number of amides is 2. The minimum Gasteiger partial charge on any atom is -0.493 e. The molecule has 0 bridgehead atoms. The van der Waals surface area contributed by atoms with E-state index in [0.29, 0.717) is 37.5 Å². The van der Waals surface area contributed by atoms with Crippen LogP contribution in [0.2, 0.25) is 5.02 Å². The Hall–Kier alpha value is -2.61. The van der Waals surface area contributed by atoms with E-state index in [0.717, 1.165) is 0 Å². The molecule has 3 rings (SSSR count). The maximum atomic E-state index is 13.4. The van der Waals surface area contributed by atoms with Crippen LogP contribution in [0.5, 0.6) is 5.75 Å². The molecule has 1 N–H and O–H groups in total. The number of benzene rings is 1. The Morgan fingerprint density at radius 1 is 1.50 bits per heavy atom. The van der Waals surface area contributed by atoms with Crippen molar-refractivity contribution < 1.29 is 18.7 Å². The van der Waals surface area contributed by atoms with Gasteiger partial charge in [-0.25, -0.2) is 4.39 Å². The van der Waals surface area contributed by atoms with Crippen molar-refractivity contribution in [2.45, 2.75) is 13.5 Å². The lowest BCUT2D eigenvalue weighted by Crippen LogP contribution is -2.60. The average Bonchev–Trinajstić information content (AvgIpc) is 3.00. The van der Waals surface area contributed by atoms with E-state index in [2.05, 4.69) is 10.4 Å². The van der Waals surface area contributed by atoms with E-state index in [-0.39, 0.29) is 22.9 Å². The van der Waals surface area contributed by atoms with E-state index < -0.39 is 5.82 Å². The van der Waals surface area contributed by atoms with Crippen molar-refractivity contribution in [1.82, 2.24) is 14.7 Å². The number of hydrogen-bond acceptors (Lipinski definition) is 4. The number of ether oxygens (including phenoxy) is 1. The summed E-state index contributed by atoms with van der Waals surface area (Å²) in [5.41, 5.74) is 0.338. The fourth-order valence-corrected chi connectivity index (χ4v) is 2.92. The highest BCUT2D eigenvalue weighted by atomic mass is 35.5. The first-order valence-electron chi connectivity index (χ1n) is 7.97. The van der Waals surface area contributed by atoms with Gasteiger partial charge in [0.25, 0.3) is 0 Å². The number of likely N-dealkylation sites (tertiary alicyclic amines) is 1. The minimum atomic E-state index is -0.526. The minimum absolute atomic E-state index is 0.0501. The molecule has 2 heterocycles. The Kier molecular flexibility index (Phi) is 5.13. The molecule has 1 aromatic heterocycles. The summed E-state index contributed by atoms with van der Waals surface area (Å²) in [7, 11) is 0. The number of aromatic nitrogens is 2. The molecule has 138 valence electrons. The van der Waals surface area contributed by atoms with Gasteiger partial charge < -0.3 is 15.0 Å². The molecule has 9 heteroatoms. The summed E-state index contributed by atoms with van der Waals surface area (Å²) in [6.07, 6.45) is 3.61. The van der Waals surface area contributed by atoms with Gasteiger partial charge >= 0.3 is 0 Å². The first-order chi connectivity index (χ1) is 12.4. The molecule has 0 atom stereocenters. The second-order valence-corrected chi connectivity index (χ2v) is 7.02. The average molecular weight is 381 g/mol. The molecule has 0 unspecified atom stereocenters. The first kappa shape index (κ1) is 18.2. The summed E-state index contributed by atoms with van der Waals surface area (Å²) in [6.45, 7) is 3.56. The Morgan fingerprint density at radius 2 is 2.27 bits per heavy atom. The van der Waals surface area contributed by atoms with Crippen LogP contribution in [-0.4, -0.2) is 46.7 Å². The van der Waals surface area contributed by atoms with Crippen molar-refractivity contribution in [1.29, 1.82) is 0 Å². The largest absolute Gasteiger partial charge is 0.493 e. The predicted octanol–water partition coefficient (Wildman–Crippen LogP) is 2.17. The molecule has 1 saturated heterocycles. The monoisotopic (exact) mass is 380 g/mol.